The molecular formula is C14H22N4O5S. The van der Waals surface area contributed by atoms with Crippen LogP contribution in [0.1, 0.15) is 6.42 Å². The molecular weight excluding hydrogens is 336 g/mol. The molecule has 0 unspecified atom stereocenters. The molecule has 1 aliphatic heterocycles. The van der Waals surface area contributed by atoms with Gasteiger partial charge < -0.3 is 15.0 Å². The van der Waals surface area contributed by atoms with Crippen molar-refractivity contribution in [3.63, 3.8) is 0 Å². The number of sulfonamides is 1. The second kappa shape index (κ2) is 8.38. The van der Waals surface area contributed by atoms with Crippen molar-refractivity contribution in [1.82, 2.24) is 14.9 Å². The molecule has 2 rings (SSSR count). The fraction of sp³-hybridized carbons (Fsp3) is 0.571. The number of methoxy groups -OCH3 is 1. The second-order valence-corrected chi connectivity index (χ2v) is 7.17. The lowest BCUT2D eigenvalue weighted by Crippen LogP contribution is -2.44. The zero-order valence-corrected chi connectivity index (χ0v) is 14.3. The summed E-state index contributed by atoms with van der Waals surface area (Å²) in [5, 5.41) is 14.4. The van der Waals surface area contributed by atoms with E-state index < -0.39 is 20.6 Å². The van der Waals surface area contributed by atoms with Crippen molar-refractivity contribution in [2.24, 2.45) is 0 Å². The molecule has 2 N–H and O–H groups in total. The summed E-state index contributed by atoms with van der Waals surface area (Å²) in [6.45, 7) is 4.77. The number of nitro groups is 1. The van der Waals surface area contributed by atoms with Crippen LogP contribution in [-0.2, 0) is 10.0 Å². The van der Waals surface area contributed by atoms with Gasteiger partial charge in [-0.05, 0) is 25.1 Å². The van der Waals surface area contributed by atoms with Crippen molar-refractivity contribution >= 4 is 15.7 Å². The molecule has 1 heterocycles. The van der Waals surface area contributed by atoms with Gasteiger partial charge in [0.2, 0.25) is 10.0 Å². The molecule has 1 aromatic rings. The van der Waals surface area contributed by atoms with Gasteiger partial charge in [0, 0.05) is 32.7 Å². The van der Waals surface area contributed by atoms with Gasteiger partial charge in [0.05, 0.1) is 18.1 Å². The van der Waals surface area contributed by atoms with Gasteiger partial charge in [-0.2, -0.15) is 0 Å². The molecule has 24 heavy (non-hydrogen) atoms. The topological polar surface area (TPSA) is 114 Å². The molecule has 134 valence electrons. The zero-order chi connectivity index (χ0) is 17.6. The Morgan fingerprint density at radius 1 is 1.38 bits per heavy atom. The molecule has 1 fully saturated rings. The zero-order valence-electron chi connectivity index (χ0n) is 13.5. The summed E-state index contributed by atoms with van der Waals surface area (Å²) in [7, 11) is -2.58. The lowest BCUT2D eigenvalue weighted by Gasteiger charge is -2.27. The summed E-state index contributed by atoms with van der Waals surface area (Å²) in [4.78, 5) is 12.3. The monoisotopic (exact) mass is 358 g/mol. The molecule has 0 aromatic heterocycles. The number of hydrogen-bond acceptors (Lipinski definition) is 7. The van der Waals surface area contributed by atoms with Gasteiger partial charge in [0.25, 0.3) is 5.69 Å². The Morgan fingerprint density at radius 3 is 2.71 bits per heavy atom. The van der Waals surface area contributed by atoms with Crippen LogP contribution in [0.4, 0.5) is 5.69 Å². The summed E-state index contributed by atoms with van der Waals surface area (Å²) in [5.41, 5.74) is -0.496. The number of rotatable bonds is 8. The minimum atomic E-state index is -3.94. The summed E-state index contributed by atoms with van der Waals surface area (Å²) in [5.74, 6) is 0.236. The van der Waals surface area contributed by atoms with Gasteiger partial charge >= 0.3 is 0 Å². The van der Waals surface area contributed by atoms with Crippen LogP contribution in [0.3, 0.4) is 0 Å². The SMILES string of the molecule is COc1ccc(S(=O)(=O)NCCCN2CCNCC2)c([N+](=O)[O-])c1. The molecule has 0 amide bonds. The van der Waals surface area contributed by atoms with E-state index >= 15 is 0 Å². The second-order valence-electron chi connectivity index (χ2n) is 5.43. The maximum atomic E-state index is 12.3. The Balaban J connectivity index is 1.98. The molecule has 1 aliphatic rings. The van der Waals surface area contributed by atoms with Crippen molar-refractivity contribution in [2.75, 3.05) is 46.4 Å². The minimum Gasteiger partial charge on any atom is -0.497 e. The first-order chi connectivity index (χ1) is 11.4. The van der Waals surface area contributed by atoms with Gasteiger partial charge in [0.15, 0.2) is 4.90 Å². The summed E-state index contributed by atoms with van der Waals surface area (Å²) < 4.78 is 32.0. The van der Waals surface area contributed by atoms with Crippen molar-refractivity contribution in [2.45, 2.75) is 11.3 Å². The van der Waals surface area contributed by atoms with Gasteiger partial charge in [0.1, 0.15) is 5.75 Å². The third kappa shape index (κ3) is 4.87. The first-order valence-electron chi connectivity index (χ1n) is 7.69. The first kappa shape index (κ1) is 18.6. The highest BCUT2D eigenvalue weighted by molar-refractivity contribution is 7.89. The first-order valence-corrected chi connectivity index (χ1v) is 9.17. The highest BCUT2D eigenvalue weighted by Crippen LogP contribution is 2.28. The number of ether oxygens (including phenoxy) is 1. The average Bonchev–Trinajstić information content (AvgIpc) is 2.59. The number of hydrogen-bond donors (Lipinski definition) is 2. The Kier molecular flexibility index (Phi) is 6.49. The Bertz CT molecular complexity index is 674. The summed E-state index contributed by atoms with van der Waals surface area (Å²) in [6, 6.07) is 3.69. The van der Waals surface area contributed by atoms with E-state index in [9.17, 15) is 18.5 Å². The van der Waals surface area contributed by atoms with Crippen LogP contribution >= 0.6 is 0 Å². The highest BCUT2D eigenvalue weighted by Gasteiger charge is 2.26. The van der Waals surface area contributed by atoms with Crippen LogP contribution in [-0.4, -0.2) is 64.6 Å². The molecule has 0 radical (unpaired) electrons. The molecule has 0 saturated carbocycles. The van der Waals surface area contributed by atoms with Crippen molar-refractivity contribution in [1.29, 1.82) is 0 Å². The van der Waals surface area contributed by atoms with Crippen LogP contribution in [0.5, 0.6) is 5.75 Å². The van der Waals surface area contributed by atoms with Gasteiger partial charge in [-0.25, -0.2) is 13.1 Å². The summed E-state index contributed by atoms with van der Waals surface area (Å²) >= 11 is 0. The highest BCUT2D eigenvalue weighted by atomic mass is 32.2. The maximum absolute atomic E-state index is 12.3. The maximum Gasteiger partial charge on any atom is 0.293 e. The van der Waals surface area contributed by atoms with Crippen molar-refractivity contribution in [3.8, 4) is 5.75 Å². The van der Waals surface area contributed by atoms with E-state index in [1.54, 1.807) is 0 Å². The number of benzene rings is 1. The molecule has 1 aromatic carbocycles. The lowest BCUT2D eigenvalue weighted by atomic mass is 10.3. The minimum absolute atomic E-state index is 0.232. The van der Waals surface area contributed by atoms with E-state index in [1.165, 1.54) is 19.2 Å². The number of nitrogens with zero attached hydrogens (tertiary/aromatic N) is 2. The third-order valence-electron chi connectivity index (χ3n) is 3.81. The summed E-state index contributed by atoms with van der Waals surface area (Å²) in [6.07, 6.45) is 0.642. The molecule has 1 saturated heterocycles. The molecule has 0 aliphatic carbocycles. The van der Waals surface area contributed by atoms with Crippen LogP contribution in [0.2, 0.25) is 0 Å². The van der Waals surface area contributed by atoms with E-state index in [1.807, 2.05) is 0 Å². The lowest BCUT2D eigenvalue weighted by molar-refractivity contribution is -0.387. The Morgan fingerprint density at radius 2 is 2.08 bits per heavy atom. The molecule has 0 spiro atoms. The van der Waals surface area contributed by atoms with E-state index in [0.29, 0.717) is 6.42 Å². The fourth-order valence-electron chi connectivity index (χ4n) is 2.52. The largest absolute Gasteiger partial charge is 0.497 e. The molecule has 0 atom stereocenters. The predicted octanol–water partition coefficient (Wildman–Crippen LogP) is 0.177. The van der Waals surface area contributed by atoms with Crippen LogP contribution in [0, 0.1) is 10.1 Å². The van der Waals surface area contributed by atoms with Crippen LogP contribution in [0.25, 0.3) is 0 Å². The molecule has 9 nitrogen and oxygen atoms in total. The third-order valence-corrected chi connectivity index (χ3v) is 5.31. The number of nitro benzene ring substituents is 1. The Labute approximate surface area is 141 Å². The smallest absolute Gasteiger partial charge is 0.293 e. The van der Waals surface area contributed by atoms with Gasteiger partial charge in [-0.1, -0.05) is 0 Å². The molecule has 0 bridgehead atoms. The Hall–Kier alpha value is -1.75. The van der Waals surface area contributed by atoms with Gasteiger partial charge in [-0.15, -0.1) is 0 Å². The van der Waals surface area contributed by atoms with E-state index in [0.717, 1.165) is 38.8 Å². The van der Waals surface area contributed by atoms with Gasteiger partial charge in [-0.3, -0.25) is 10.1 Å². The van der Waals surface area contributed by atoms with E-state index in [4.69, 9.17) is 4.74 Å². The average molecular weight is 358 g/mol. The number of nitrogens with one attached hydrogen (secondary N) is 2. The van der Waals surface area contributed by atoms with Crippen LogP contribution < -0.4 is 14.8 Å². The van der Waals surface area contributed by atoms with Crippen LogP contribution in [0.15, 0.2) is 23.1 Å². The molecule has 10 heteroatoms. The predicted molar refractivity (Wildman–Crippen MR) is 88.8 cm³/mol. The number of piperazine rings is 1. The quantitative estimate of drug-likeness (QED) is 0.387. The van der Waals surface area contributed by atoms with E-state index in [2.05, 4.69) is 14.9 Å². The standard InChI is InChI=1S/C14H22N4O5S/c1-23-12-3-4-14(13(11-12)18(19)20)24(21,22)16-5-2-8-17-9-6-15-7-10-17/h3-4,11,15-16H,2,5-10H2,1H3. The normalized spacial score (nSPS) is 16.0. The van der Waals surface area contributed by atoms with Crippen molar-refractivity contribution in [3.05, 3.63) is 28.3 Å². The van der Waals surface area contributed by atoms with E-state index in [-0.39, 0.29) is 17.2 Å². The fourth-order valence-corrected chi connectivity index (χ4v) is 3.74. The van der Waals surface area contributed by atoms with Crippen molar-refractivity contribution < 1.29 is 18.1 Å².